The zero-order valence-electron chi connectivity index (χ0n) is 15.2. The number of rotatable bonds is 5. The second-order valence-corrected chi connectivity index (χ2v) is 6.94. The number of carbonyl (C=O) groups is 1. The predicted molar refractivity (Wildman–Crippen MR) is 96.5 cm³/mol. The van der Waals surface area contributed by atoms with Crippen molar-refractivity contribution in [3.63, 3.8) is 0 Å². The van der Waals surface area contributed by atoms with Gasteiger partial charge in [-0.05, 0) is 26.6 Å². The highest BCUT2D eigenvalue weighted by atomic mass is 16.3. The van der Waals surface area contributed by atoms with Gasteiger partial charge in [-0.15, -0.1) is 0 Å². The fourth-order valence-corrected chi connectivity index (χ4v) is 3.10. The molecule has 3 heterocycles. The van der Waals surface area contributed by atoms with E-state index >= 15 is 0 Å². The summed E-state index contributed by atoms with van der Waals surface area (Å²) >= 11 is 0. The van der Waals surface area contributed by atoms with E-state index in [0.717, 1.165) is 18.7 Å². The highest BCUT2D eigenvalue weighted by Gasteiger charge is 2.22. The fraction of sp³-hybridized carbons (Fsp3) is 0.500. The van der Waals surface area contributed by atoms with E-state index in [9.17, 15) is 14.7 Å². The number of aromatic nitrogens is 3. The van der Waals surface area contributed by atoms with Crippen LogP contribution in [0.15, 0.2) is 35.4 Å². The number of hydrogen-bond acceptors (Lipinski definition) is 5. The summed E-state index contributed by atoms with van der Waals surface area (Å²) in [7, 11) is 3.81. The minimum Gasteiger partial charge on any atom is -0.385 e. The number of carbonyl (C=O) groups excluding carboxylic acids is 1. The number of fused-ring (bicyclic) bond motifs is 1. The first-order valence-corrected chi connectivity index (χ1v) is 8.75. The van der Waals surface area contributed by atoms with Gasteiger partial charge in [0, 0.05) is 44.2 Å². The van der Waals surface area contributed by atoms with Crippen LogP contribution in [0, 0.1) is 0 Å². The van der Waals surface area contributed by atoms with E-state index in [0.29, 0.717) is 25.3 Å². The zero-order valence-corrected chi connectivity index (χ0v) is 15.2. The van der Waals surface area contributed by atoms with Crippen molar-refractivity contribution < 1.29 is 9.90 Å². The van der Waals surface area contributed by atoms with Crippen molar-refractivity contribution in [2.75, 3.05) is 27.2 Å². The largest absolute Gasteiger partial charge is 0.385 e. The molecule has 0 bridgehead atoms. The van der Waals surface area contributed by atoms with Crippen LogP contribution in [0.25, 0.3) is 0 Å². The van der Waals surface area contributed by atoms with Gasteiger partial charge in [0.2, 0.25) is 5.91 Å². The van der Waals surface area contributed by atoms with Crippen LogP contribution in [0.2, 0.25) is 0 Å². The second kappa shape index (κ2) is 7.84. The molecule has 1 aliphatic rings. The summed E-state index contributed by atoms with van der Waals surface area (Å²) in [5.74, 6) is -0.00121. The van der Waals surface area contributed by atoms with Gasteiger partial charge >= 0.3 is 0 Å². The summed E-state index contributed by atoms with van der Waals surface area (Å²) in [5, 5.41) is 14.8. The van der Waals surface area contributed by atoms with Crippen molar-refractivity contribution in [3.05, 3.63) is 52.2 Å². The number of nitrogens with zero attached hydrogens (tertiary/aromatic N) is 5. The molecule has 0 saturated heterocycles. The van der Waals surface area contributed by atoms with Crippen molar-refractivity contribution in [1.82, 2.24) is 24.1 Å². The molecule has 0 spiro atoms. The molecule has 1 aliphatic heterocycles. The quantitative estimate of drug-likeness (QED) is 0.817. The van der Waals surface area contributed by atoms with Crippen LogP contribution in [0.4, 0.5) is 0 Å². The van der Waals surface area contributed by atoms with Gasteiger partial charge < -0.3 is 19.5 Å². The van der Waals surface area contributed by atoms with Crippen LogP contribution < -0.4 is 5.43 Å². The van der Waals surface area contributed by atoms with Crippen molar-refractivity contribution in [1.29, 1.82) is 0 Å². The third kappa shape index (κ3) is 4.39. The van der Waals surface area contributed by atoms with E-state index in [1.807, 2.05) is 29.7 Å². The molecule has 1 amide bonds. The topological polar surface area (TPSA) is 83.6 Å². The number of pyridine rings is 1. The third-order valence-corrected chi connectivity index (χ3v) is 4.44. The van der Waals surface area contributed by atoms with Crippen molar-refractivity contribution >= 4 is 5.91 Å². The molecular weight excluding hydrogens is 334 g/mol. The minimum atomic E-state index is -0.644. The molecule has 0 radical (unpaired) electrons. The van der Waals surface area contributed by atoms with Crippen LogP contribution in [-0.4, -0.2) is 62.3 Å². The SMILES string of the molecule is CN(C)C[C@H](O)c1cc2n(n1)CCCN(C(=O)Cn1ccc(=O)cc1)C2. The first-order valence-electron chi connectivity index (χ1n) is 8.75. The lowest BCUT2D eigenvalue weighted by atomic mass is 10.2. The van der Waals surface area contributed by atoms with Crippen molar-refractivity contribution in [2.45, 2.75) is 32.2 Å². The number of amides is 1. The summed E-state index contributed by atoms with van der Waals surface area (Å²) < 4.78 is 3.60. The van der Waals surface area contributed by atoms with E-state index in [-0.39, 0.29) is 17.9 Å². The molecule has 140 valence electrons. The van der Waals surface area contributed by atoms with Crippen molar-refractivity contribution in [3.8, 4) is 0 Å². The molecule has 2 aromatic heterocycles. The Kier molecular flexibility index (Phi) is 5.53. The number of aliphatic hydroxyl groups excluding tert-OH is 1. The number of aryl methyl sites for hydroxylation is 1. The maximum Gasteiger partial charge on any atom is 0.242 e. The third-order valence-electron chi connectivity index (χ3n) is 4.44. The normalized spacial score (nSPS) is 15.6. The molecule has 0 aliphatic carbocycles. The van der Waals surface area contributed by atoms with Crippen LogP contribution in [0.1, 0.15) is 23.9 Å². The standard InChI is InChI=1S/C18H25N5O3/c1-20(2)12-17(25)16-10-14-11-22(6-3-7-23(14)19-16)18(26)13-21-8-4-15(24)5-9-21/h4-5,8-10,17,25H,3,6-7,11-13H2,1-2H3/t17-/m0/s1. The summed E-state index contributed by atoms with van der Waals surface area (Å²) in [5.41, 5.74) is 1.50. The molecular formula is C18H25N5O3. The Hall–Kier alpha value is -2.45. The number of hydrogen-bond donors (Lipinski definition) is 1. The second-order valence-electron chi connectivity index (χ2n) is 6.94. The average molecular weight is 359 g/mol. The molecule has 1 N–H and O–H groups in total. The molecule has 1 atom stereocenters. The molecule has 0 saturated carbocycles. The highest BCUT2D eigenvalue weighted by Crippen LogP contribution is 2.19. The summed E-state index contributed by atoms with van der Waals surface area (Å²) in [6.07, 6.45) is 3.42. The minimum absolute atomic E-state index is 0.00121. The van der Waals surface area contributed by atoms with Gasteiger partial charge in [-0.3, -0.25) is 14.3 Å². The lowest BCUT2D eigenvalue weighted by Crippen LogP contribution is -2.33. The molecule has 8 heteroatoms. The van der Waals surface area contributed by atoms with Gasteiger partial charge in [-0.25, -0.2) is 0 Å². The first-order chi connectivity index (χ1) is 12.4. The lowest BCUT2D eigenvalue weighted by Gasteiger charge is -2.20. The van der Waals surface area contributed by atoms with Crippen molar-refractivity contribution in [2.24, 2.45) is 0 Å². The summed E-state index contributed by atoms with van der Waals surface area (Å²) in [6, 6.07) is 4.78. The van der Waals surface area contributed by atoms with E-state index in [1.165, 1.54) is 12.1 Å². The molecule has 2 aromatic rings. The summed E-state index contributed by atoms with van der Waals surface area (Å²) in [4.78, 5) is 27.5. The molecule has 0 fully saturated rings. The van der Waals surface area contributed by atoms with Crippen LogP contribution >= 0.6 is 0 Å². The molecule has 0 unspecified atom stereocenters. The van der Waals surface area contributed by atoms with Crippen LogP contribution in [-0.2, 0) is 24.4 Å². The Morgan fingerprint density at radius 2 is 2.04 bits per heavy atom. The van der Waals surface area contributed by atoms with Crippen LogP contribution in [0.3, 0.4) is 0 Å². The fourth-order valence-electron chi connectivity index (χ4n) is 3.10. The average Bonchev–Trinajstić information content (AvgIpc) is 2.88. The molecule has 8 nitrogen and oxygen atoms in total. The Bertz CT molecular complexity index is 806. The zero-order chi connectivity index (χ0) is 18.7. The highest BCUT2D eigenvalue weighted by molar-refractivity contribution is 5.76. The Labute approximate surface area is 152 Å². The Balaban J connectivity index is 1.70. The lowest BCUT2D eigenvalue weighted by molar-refractivity contribution is -0.132. The van der Waals surface area contributed by atoms with Crippen LogP contribution in [0.5, 0.6) is 0 Å². The number of likely N-dealkylation sites (N-methyl/N-ethyl adjacent to an activating group) is 1. The molecule has 3 rings (SSSR count). The van der Waals surface area contributed by atoms with Gasteiger partial charge in [0.25, 0.3) is 0 Å². The predicted octanol–water partition coefficient (Wildman–Crippen LogP) is 0.0723. The molecule has 0 aromatic carbocycles. The number of aliphatic hydroxyl groups is 1. The van der Waals surface area contributed by atoms with Gasteiger partial charge in [-0.2, -0.15) is 5.10 Å². The van der Waals surface area contributed by atoms with Gasteiger partial charge in [0.1, 0.15) is 12.6 Å². The smallest absolute Gasteiger partial charge is 0.242 e. The van der Waals surface area contributed by atoms with E-state index in [4.69, 9.17) is 0 Å². The maximum absolute atomic E-state index is 12.6. The Morgan fingerprint density at radius 1 is 1.31 bits per heavy atom. The monoisotopic (exact) mass is 359 g/mol. The van der Waals surface area contributed by atoms with Gasteiger partial charge in [-0.1, -0.05) is 0 Å². The Morgan fingerprint density at radius 3 is 2.73 bits per heavy atom. The van der Waals surface area contributed by atoms with E-state index < -0.39 is 6.10 Å². The maximum atomic E-state index is 12.6. The van der Waals surface area contributed by atoms with Gasteiger partial charge in [0.15, 0.2) is 5.43 Å². The van der Waals surface area contributed by atoms with E-state index in [1.54, 1.807) is 21.9 Å². The van der Waals surface area contributed by atoms with Gasteiger partial charge in [0.05, 0.1) is 17.9 Å². The molecule has 26 heavy (non-hydrogen) atoms. The first kappa shape index (κ1) is 18.3. The van der Waals surface area contributed by atoms with E-state index in [2.05, 4.69) is 5.10 Å². The summed E-state index contributed by atoms with van der Waals surface area (Å²) in [6.45, 7) is 2.57.